The Morgan fingerprint density at radius 1 is 1.31 bits per heavy atom. The number of aromatic nitrogens is 1. The van der Waals surface area contributed by atoms with E-state index in [-0.39, 0.29) is 0 Å². The molecule has 0 amide bonds. The summed E-state index contributed by atoms with van der Waals surface area (Å²) in [6, 6.07) is 9.87. The van der Waals surface area contributed by atoms with E-state index in [2.05, 4.69) is 32.5 Å². The van der Waals surface area contributed by atoms with Gasteiger partial charge >= 0.3 is 0 Å². The summed E-state index contributed by atoms with van der Waals surface area (Å²) in [6.07, 6.45) is 11.0. The van der Waals surface area contributed by atoms with Gasteiger partial charge in [0.15, 0.2) is 0 Å². The molecule has 0 aliphatic carbocycles. The fourth-order valence-electron chi connectivity index (χ4n) is 3.47. The van der Waals surface area contributed by atoms with E-state index in [4.69, 9.17) is 11.1 Å². The molecule has 1 aromatic heterocycles. The van der Waals surface area contributed by atoms with Crippen molar-refractivity contribution in [3.05, 3.63) is 53.9 Å². The Morgan fingerprint density at radius 2 is 2.10 bits per heavy atom. The molecule has 0 bridgehead atoms. The minimum Gasteiger partial charge on any atom is -0.404 e. The van der Waals surface area contributed by atoms with Gasteiger partial charge in [-0.3, -0.25) is 4.99 Å². The van der Waals surface area contributed by atoms with E-state index in [1.165, 1.54) is 19.1 Å². The van der Waals surface area contributed by atoms with Crippen molar-refractivity contribution in [2.45, 2.75) is 18.1 Å². The molecule has 29 heavy (non-hydrogen) atoms. The highest BCUT2D eigenvalue weighted by molar-refractivity contribution is 7.99. The Bertz CT molecular complexity index is 900. The summed E-state index contributed by atoms with van der Waals surface area (Å²) in [6.45, 7) is 2.06. The van der Waals surface area contributed by atoms with Gasteiger partial charge in [0.05, 0.1) is 0 Å². The maximum atomic E-state index is 7.74. The number of anilines is 3. The van der Waals surface area contributed by atoms with E-state index < -0.39 is 0 Å². The zero-order valence-corrected chi connectivity index (χ0v) is 17.7. The van der Waals surface area contributed by atoms with Crippen LogP contribution in [0, 0.1) is 5.41 Å². The maximum Gasteiger partial charge on any atom is 0.130 e. The number of hydrogen-bond donors (Lipinski definition) is 3. The number of hydrogen-bond acceptors (Lipinski definition) is 7. The van der Waals surface area contributed by atoms with Crippen molar-refractivity contribution in [3.8, 4) is 0 Å². The summed E-state index contributed by atoms with van der Waals surface area (Å²) >= 11 is 1.96. The average molecular weight is 409 g/mol. The monoisotopic (exact) mass is 408 g/mol. The van der Waals surface area contributed by atoms with Gasteiger partial charge in [-0.15, -0.1) is 0 Å². The number of nitrogens with two attached hydrogens (primary N) is 1. The Balaban J connectivity index is 1.83. The summed E-state index contributed by atoms with van der Waals surface area (Å²) in [5.41, 5.74) is 10.1. The third-order valence-electron chi connectivity index (χ3n) is 5.11. The fourth-order valence-corrected chi connectivity index (χ4v) is 4.15. The summed E-state index contributed by atoms with van der Waals surface area (Å²) < 4.78 is 0. The van der Waals surface area contributed by atoms with Crippen LogP contribution in [-0.4, -0.2) is 49.1 Å². The molecule has 4 N–H and O–H groups in total. The molecule has 1 aromatic carbocycles. The first-order chi connectivity index (χ1) is 14.2. The molecule has 1 fully saturated rings. The topological polar surface area (TPSA) is 90.4 Å². The number of benzene rings is 1. The SMILES string of the molecule is CN=CC(=CN)c1ccc(C=N)c(Nc2ccnc(N3CCC(SC)CC3)c2)c1. The highest BCUT2D eigenvalue weighted by atomic mass is 32.2. The number of nitrogens with zero attached hydrogens (tertiary/aromatic N) is 3. The number of pyridine rings is 1. The van der Waals surface area contributed by atoms with Gasteiger partial charge in [-0.25, -0.2) is 4.98 Å². The minimum atomic E-state index is 0.752. The number of allylic oxidation sites excluding steroid dienone is 1. The molecule has 0 spiro atoms. The molecule has 1 saturated heterocycles. The first kappa shape index (κ1) is 20.9. The predicted molar refractivity (Wildman–Crippen MR) is 127 cm³/mol. The standard InChI is InChI=1S/C22H28N6S/c1-25-15-18(14-24)16-3-4-17(13-23)21(11-16)27-19-5-8-26-22(12-19)28-9-6-20(29-2)7-10-28/h3-5,8,11-15,20,23H,6-7,9-10,24H2,1-2H3,(H,26,27). The van der Waals surface area contributed by atoms with Crippen LogP contribution in [0.4, 0.5) is 17.2 Å². The van der Waals surface area contributed by atoms with E-state index in [0.29, 0.717) is 0 Å². The van der Waals surface area contributed by atoms with Crippen LogP contribution in [0.2, 0.25) is 0 Å². The van der Waals surface area contributed by atoms with Crippen LogP contribution in [0.1, 0.15) is 24.0 Å². The lowest BCUT2D eigenvalue weighted by Crippen LogP contribution is -2.35. The molecule has 2 aromatic rings. The first-order valence-corrected chi connectivity index (χ1v) is 11.0. The lowest BCUT2D eigenvalue weighted by molar-refractivity contribution is 0.587. The van der Waals surface area contributed by atoms with Crippen molar-refractivity contribution < 1.29 is 0 Å². The lowest BCUT2D eigenvalue weighted by atomic mass is 10.0. The third kappa shape index (κ3) is 5.17. The van der Waals surface area contributed by atoms with Gasteiger partial charge in [0.2, 0.25) is 0 Å². The van der Waals surface area contributed by atoms with Crippen molar-refractivity contribution in [2.24, 2.45) is 10.7 Å². The zero-order valence-electron chi connectivity index (χ0n) is 16.9. The molecule has 3 rings (SSSR count). The maximum absolute atomic E-state index is 7.74. The van der Waals surface area contributed by atoms with Crippen LogP contribution in [0.25, 0.3) is 5.57 Å². The number of nitrogens with one attached hydrogen (secondary N) is 2. The van der Waals surface area contributed by atoms with Gasteiger partial charge in [-0.1, -0.05) is 12.1 Å². The molecule has 0 atom stereocenters. The normalized spacial score (nSPS) is 15.7. The van der Waals surface area contributed by atoms with Gasteiger partial charge < -0.3 is 21.4 Å². The van der Waals surface area contributed by atoms with Crippen molar-refractivity contribution in [3.63, 3.8) is 0 Å². The van der Waals surface area contributed by atoms with Crippen molar-refractivity contribution in [2.75, 3.05) is 36.6 Å². The largest absolute Gasteiger partial charge is 0.404 e. The lowest BCUT2D eigenvalue weighted by Gasteiger charge is -2.32. The highest BCUT2D eigenvalue weighted by Crippen LogP contribution is 2.28. The number of rotatable bonds is 7. The van der Waals surface area contributed by atoms with Crippen molar-refractivity contribution in [1.82, 2.24) is 4.98 Å². The number of piperidine rings is 1. The smallest absolute Gasteiger partial charge is 0.130 e. The Hall–Kier alpha value is -2.80. The average Bonchev–Trinajstić information content (AvgIpc) is 2.77. The molecule has 7 heteroatoms. The van der Waals surface area contributed by atoms with E-state index in [0.717, 1.165) is 52.2 Å². The quantitative estimate of drug-likeness (QED) is 0.599. The predicted octanol–water partition coefficient (Wildman–Crippen LogP) is 4.15. The molecule has 152 valence electrons. The number of aliphatic imine (C=N–C) groups is 1. The highest BCUT2D eigenvalue weighted by Gasteiger charge is 2.19. The summed E-state index contributed by atoms with van der Waals surface area (Å²) in [5.74, 6) is 0.989. The second kappa shape index (κ2) is 10.1. The van der Waals surface area contributed by atoms with Crippen LogP contribution in [0.15, 0.2) is 47.7 Å². The second-order valence-electron chi connectivity index (χ2n) is 6.91. The summed E-state index contributed by atoms with van der Waals surface area (Å²) in [4.78, 5) is 11.0. The molecular weight excluding hydrogens is 380 g/mol. The molecule has 0 radical (unpaired) electrons. The summed E-state index contributed by atoms with van der Waals surface area (Å²) in [7, 11) is 1.72. The van der Waals surface area contributed by atoms with E-state index >= 15 is 0 Å². The molecule has 6 nitrogen and oxygen atoms in total. The van der Waals surface area contributed by atoms with Gasteiger partial charge in [0.25, 0.3) is 0 Å². The molecular formula is C22H28N6S. The first-order valence-electron chi connectivity index (χ1n) is 9.68. The molecule has 0 unspecified atom stereocenters. The minimum absolute atomic E-state index is 0.752. The van der Waals surface area contributed by atoms with E-state index in [9.17, 15) is 0 Å². The van der Waals surface area contributed by atoms with Gasteiger partial charge in [0.1, 0.15) is 5.82 Å². The van der Waals surface area contributed by atoms with Crippen LogP contribution in [0.5, 0.6) is 0 Å². The fraction of sp³-hybridized carbons (Fsp3) is 0.318. The van der Waals surface area contributed by atoms with Crippen LogP contribution in [0.3, 0.4) is 0 Å². The van der Waals surface area contributed by atoms with Crippen molar-refractivity contribution in [1.29, 1.82) is 5.41 Å². The van der Waals surface area contributed by atoms with Gasteiger partial charge in [-0.05, 0) is 36.8 Å². The van der Waals surface area contributed by atoms with Crippen LogP contribution in [-0.2, 0) is 0 Å². The van der Waals surface area contributed by atoms with Crippen molar-refractivity contribution >= 4 is 47.0 Å². The Labute approximate surface area is 176 Å². The second-order valence-corrected chi connectivity index (χ2v) is 8.04. The van der Waals surface area contributed by atoms with Crippen LogP contribution >= 0.6 is 11.8 Å². The molecule has 1 aliphatic rings. The van der Waals surface area contributed by atoms with E-state index in [1.807, 2.05) is 42.2 Å². The Morgan fingerprint density at radius 3 is 2.76 bits per heavy atom. The number of thioether (sulfide) groups is 1. The molecule has 1 aliphatic heterocycles. The van der Waals surface area contributed by atoms with E-state index in [1.54, 1.807) is 19.5 Å². The van der Waals surface area contributed by atoms with Gasteiger partial charge in [0, 0.05) is 78.8 Å². The molecule has 2 heterocycles. The third-order valence-corrected chi connectivity index (χ3v) is 6.25. The Kier molecular flexibility index (Phi) is 7.30. The molecule has 0 saturated carbocycles. The zero-order chi connectivity index (χ0) is 20.6. The van der Waals surface area contributed by atoms with Crippen LogP contribution < -0.4 is 16.0 Å². The van der Waals surface area contributed by atoms with Gasteiger partial charge in [-0.2, -0.15) is 11.8 Å². The summed E-state index contributed by atoms with van der Waals surface area (Å²) in [5, 5.41) is 11.9.